The number of rotatable bonds is 7. The second-order valence-corrected chi connectivity index (χ2v) is 10.1. The van der Waals surface area contributed by atoms with Crippen LogP contribution in [0.3, 0.4) is 0 Å². The van der Waals surface area contributed by atoms with Crippen molar-refractivity contribution in [1.29, 1.82) is 0 Å². The second-order valence-electron chi connectivity index (χ2n) is 8.87. The van der Waals surface area contributed by atoms with Crippen LogP contribution < -0.4 is 5.32 Å². The van der Waals surface area contributed by atoms with Crippen LogP contribution >= 0.6 is 22.9 Å². The van der Waals surface area contributed by atoms with Crippen LogP contribution in [0.4, 0.5) is 8.78 Å². The third-order valence-corrected chi connectivity index (χ3v) is 7.93. The van der Waals surface area contributed by atoms with Crippen LogP contribution in [0.1, 0.15) is 49.2 Å². The van der Waals surface area contributed by atoms with Crippen molar-refractivity contribution in [1.82, 2.24) is 15.2 Å². The first-order valence-electron chi connectivity index (χ1n) is 11.8. The standard InChI is InChI=1S/C25H27ClF2N4O4S/c1-13(34)32(10-11-33)15-5-3-14(4-6-15)21-18(25(35)36-2)22(16-7-8-17(27)20(28)19(16)26)31-23(30-21)24-29-9-12-37-24/h7-9,12,14-15,22,33H,3-6,10-11H2,1-2H3,(H,30,31). The summed E-state index contributed by atoms with van der Waals surface area (Å²) in [6, 6.07) is 1.19. The fraction of sp³-hybridized carbons (Fsp3) is 0.440. The lowest BCUT2D eigenvalue weighted by atomic mass is 9.80. The van der Waals surface area contributed by atoms with Crippen molar-refractivity contribution in [3.05, 3.63) is 62.2 Å². The molecule has 198 valence electrons. The summed E-state index contributed by atoms with van der Waals surface area (Å²) >= 11 is 7.55. The monoisotopic (exact) mass is 552 g/mol. The Morgan fingerprint density at radius 2 is 2.00 bits per heavy atom. The summed E-state index contributed by atoms with van der Waals surface area (Å²) < 4.78 is 33.4. The van der Waals surface area contributed by atoms with Gasteiger partial charge in [-0.3, -0.25) is 9.79 Å². The van der Waals surface area contributed by atoms with Gasteiger partial charge in [-0.1, -0.05) is 17.7 Å². The summed E-state index contributed by atoms with van der Waals surface area (Å²) in [6.07, 6.45) is 4.19. The fourth-order valence-corrected chi connectivity index (χ4v) is 5.87. The van der Waals surface area contributed by atoms with Crippen LogP contribution in [0.25, 0.3) is 0 Å². The highest BCUT2D eigenvalue weighted by Gasteiger charge is 2.39. The number of esters is 1. The number of carbonyl (C=O) groups is 2. The maximum Gasteiger partial charge on any atom is 0.338 e. The second kappa shape index (κ2) is 11.7. The minimum atomic E-state index is -1.22. The number of aliphatic hydroxyl groups excluding tert-OH is 1. The maximum atomic E-state index is 14.5. The predicted molar refractivity (Wildman–Crippen MR) is 135 cm³/mol. The minimum absolute atomic E-state index is 0.0322. The van der Waals surface area contributed by atoms with Crippen molar-refractivity contribution < 1.29 is 28.2 Å². The summed E-state index contributed by atoms with van der Waals surface area (Å²) in [5.41, 5.74) is 0.860. The highest BCUT2D eigenvalue weighted by molar-refractivity contribution is 7.11. The number of allylic oxidation sites excluding steroid dienone is 1. The highest BCUT2D eigenvalue weighted by atomic mass is 35.5. The molecule has 2 aromatic rings. The molecule has 1 fully saturated rings. The van der Waals surface area contributed by atoms with Gasteiger partial charge in [0.1, 0.15) is 6.04 Å². The van der Waals surface area contributed by atoms with E-state index in [9.17, 15) is 23.5 Å². The Morgan fingerprint density at radius 3 is 2.59 bits per heavy atom. The lowest BCUT2D eigenvalue weighted by Gasteiger charge is -2.38. The normalized spacial score (nSPS) is 21.8. The van der Waals surface area contributed by atoms with E-state index in [-0.39, 0.29) is 42.2 Å². The quantitative estimate of drug-likeness (QED) is 0.397. The van der Waals surface area contributed by atoms with Crippen LogP contribution in [0, 0.1) is 17.6 Å². The summed E-state index contributed by atoms with van der Waals surface area (Å²) in [5, 5.41) is 14.5. The molecule has 2 aliphatic rings. The summed E-state index contributed by atoms with van der Waals surface area (Å²) in [6.45, 7) is 1.62. The van der Waals surface area contributed by atoms with Crippen molar-refractivity contribution in [3.8, 4) is 0 Å². The van der Waals surface area contributed by atoms with Gasteiger partial charge in [0.25, 0.3) is 0 Å². The zero-order chi connectivity index (χ0) is 26.7. The van der Waals surface area contributed by atoms with Crippen LogP contribution in [0.5, 0.6) is 0 Å². The lowest BCUT2D eigenvalue weighted by Crippen LogP contribution is -2.44. The molecule has 1 amide bonds. The predicted octanol–water partition coefficient (Wildman–Crippen LogP) is 3.99. The number of aromatic nitrogens is 1. The Morgan fingerprint density at radius 1 is 1.27 bits per heavy atom. The number of hydrogen-bond acceptors (Lipinski definition) is 8. The van der Waals surface area contributed by atoms with Gasteiger partial charge >= 0.3 is 5.97 Å². The van der Waals surface area contributed by atoms with E-state index in [4.69, 9.17) is 16.3 Å². The summed E-state index contributed by atoms with van der Waals surface area (Å²) in [7, 11) is 1.24. The molecule has 1 saturated carbocycles. The number of amidine groups is 1. The molecule has 1 aliphatic heterocycles. The first kappa shape index (κ1) is 27.2. The molecule has 1 aromatic carbocycles. The molecule has 1 unspecified atom stereocenters. The number of aliphatic imine (C=N–C) groups is 1. The molecule has 0 spiro atoms. The van der Waals surface area contributed by atoms with Crippen molar-refractivity contribution in [2.75, 3.05) is 20.3 Å². The number of carbonyl (C=O) groups excluding carboxylic acids is 2. The average Bonchev–Trinajstić information content (AvgIpc) is 3.44. The average molecular weight is 553 g/mol. The van der Waals surface area contributed by atoms with Gasteiger partial charge in [0.2, 0.25) is 5.91 Å². The number of halogens is 3. The van der Waals surface area contributed by atoms with E-state index in [1.165, 1.54) is 31.4 Å². The molecule has 0 saturated heterocycles. The van der Waals surface area contributed by atoms with Gasteiger partial charge in [0.05, 0.1) is 24.3 Å². The van der Waals surface area contributed by atoms with Crippen LogP contribution in [0.15, 0.2) is 40.0 Å². The van der Waals surface area contributed by atoms with Crippen molar-refractivity contribution in [2.24, 2.45) is 10.9 Å². The van der Waals surface area contributed by atoms with E-state index in [2.05, 4.69) is 15.3 Å². The Bertz CT molecular complexity index is 1230. The molecule has 0 bridgehead atoms. The fourth-order valence-electron chi connectivity index (χ4n) is 5.03. The van der Waals surface area contributed by atoms with Crippen LogP contribution in [-0.2, 0) is 14.3 Å². The van der Waals surface area contributed by atoms with Crippen molar-refractivity contribution in [3.63, 3.8) is 0 Å². The number of aliphatic hydroxyl groups is 1. The van der Waals surface area contributed by atoms with Crippen molar-refractivity contribution >= 4 is 40.6 Å². The first-order chi connectivity index (χ1) is 17.8. The number of ether oxygens (including phenoxy) is 1. The van der Waals surface area contributed by atoms with Crippen LogP contribution in [-0.4, -0.2) is 59.0 Å². The maximum absolute atomic E-state index is 14.5. The molecule has 37 heavy (non-hydrogen) atoms. The third kappa shape index (κ3) is 5.53. The van der Waals surface area contributed by atoms with Gasteiger partial charge in [-0.15, -0.1) is 11.3 Å². The lowest BCUT2D eigenvalue weighted by molar-refractivity contribution is -0.136. The van der Waals surface area contributed by atoms with E-state index in [0.717, 1.165) is 6.07 Å². The molecule has 1 aliphatic carbocycles. The van der Waals surface area contributed by atoms with Gasteiger partial charge in [-0.25, -0.2) is 18.6 Å². The van der Waals surface area contributed by atoms with E-state index in [1.807, 2.05) is 0 Å². The van der Waals surface area contributed by atoms with Gasteiger partial charge in [0.15, 0.2) is 22.5 Å². The number of benzene rings is 1. The molecule has 2 N–H and O–H groups in total. The summed E-state index contributed by atoms with van der Waals surface area (Å²) in [4.78, 5) is 35.9. The molecular weight excluding hydrogens is 526 g/mol. The van der Waals surface area contributed by atoms with E-state index in [0.29, 0.717) is 42.2 Å². The topological polar surface area (TPSA) is 104 Å². The zero-order valence-electron chi connectivity index (χ0n) is 20.3. The molecule has 0 radical (unpaired) electrons. The first-order valence-corrected chi connectivity index (χ1v) is 13.1. The largest absolute Gasteiger partial charge is 0.466 e. The minimum Gasteiger partial charge on any atom is -0.466 e. The smallest absolute Gasteiger partial charge is 0.338 e. The van der Waals surface area contributed by atoms with E-state index >= 15 is 0 Å². The van der Waals surface area contributed by atoms with E-state index in [1.54, 1.807) is 16.5 Å². The van der Waals surface area contributed by atoms with Gasteiger partial charge < -0.3 is 20.1 Å². The molecule has 8 nitrogen and oxygen atoms in total. The molecule has 1 aromatic heterocycles. The number of amides is 1. The molecule has 4 rings (SSSR count). The number of hydrogen-bond donors (Lipinski definition) is 2. The Balaban J connectivity index is 1.76. The zero-order valence-corrected chi connectivity index (χ0v) is 21.9. The van der Waals surface area contributed by atoms with E-state index < -0.39 is 28.7 Å². The number of thiazole rings is 1. The van der Waals surface area contributed by atoms with Gasteiger partial charge in [-0.2, -0.15) is 0 Å². The number of nitrogens with one attached hydrogen (secondary N) is 1. The number of nitrogens with zero attached hydrogens (tertiary/aromatic N) is 3. The van der Waals surface area contributed by atoms with Crippen molar-refractivity contribution in [2.45, 2.75) is 44.7 Å². The summed E-state index contributed by atoms with van der Waals surface area (Å²) in [5.74, 6) is -2.84. The molecular formula is C25H27ClF2N4O4S. The van der Waals surface area contributed by atoms with Crippen LogP contribution in [0.2, 0.25) is 5.02 Å². The Kier molecular flexibility index (Phi) is 8.56. The van der Waals surface area contributed by atoms with Gasteiger partial charge in [0, 0.05) is 42.3 Å². The van der Waals surface area contributed by atoms with Gasteiger partial charge in [-0.05, 0) is 37.7 Å². The Hall–Kier alpha value is -2.89. The molecule has 12 heteroatoms. The Labute approximate surface area is 222 Å². The molecule has 2 heterocycles. The third-order valence-electron chi connectivity index (χ3n) is 6.77. The molecule has 1 atom stereocenters. The SMILES string of the molecule is COC(=O)C1=C(C2CCC(N(CCO)C(C)=O)CC2)NC(c2nccs2)=NC1c1ccc(F)c(F)c1Cl. The number of methoxy groups -OCH3 is 1. The highest BCUT2D eigenvalue weighted by Crippen LogP contribution is 2.42.